The Morgan fingerprint density at radius 3 is 2.62 bits per heavy atom. The molecule has 1 aromatic carbocycles. The Labute approximate surface area is 141 Å². The van der Waals surface area contributed by atoms with E-state index in [0.717, 1.165) is 11.8 Å². The third-order valence-corrected chi connectivity index (χ3v) is 3.99. The largest absolute Gasteiger partial charge is 0.398 e. The molecule has 1 atom stereocenters. The number of nitrogens with one attached hydrogen (secondary N) is 3. The first kappa shape index (κ1) is 17.5. The molecular formula is C14H16N6O3S. The van der Waals surface area contributed by atoms with E-state index in [0.29, 0.717) is 11.3 Å². The SMILES string of the molecule is CNC(=O)NC(=O)[C@@H](C)Sc1nnc(-c2ccccc2N)c(=O)[nH]1. The predicted octanol–water partition coefficient (Wildman–Crippen LogP) is 0.350. The summed E-state index contributed by atoms with van der Waals surface area (Å²) < 4.78 is 0. The van der Waals surface area contributed by atoms with E-state index in [1.165, 1.54) is 7.05 Å². The highest BCUT2D eigenvalue weighted by atomic mass is 32.2. The molecule has 0 radical (unpaired) electrons. The number of thioether (sulfide) groups is 1. The van der Waals surface area contributed by atoms with Crippen molar-refractivity contribution in [2.75, 3.05) is 12.8 Å². The van der Waals surface area contributed by atoms with E-state index >= 15 is 0 Å². The van der Waals surface area contributed by atoms with Crippen LogP contribution in [0.4, 0.5) is 10.5 Å². The van der Waals surface area contributed by atoms with Gasteiger partial charge in [0.2, 0.25) is 5.91 Å². The van der Waals surface area contributed by atoms with Gasteiger partial charge in [0, 0.05) is 18.3 Å². The van der Waals surface area contributed by atoms with E-state index in [9.17, 15) is 14.4 Å². The van der Waals surface area contributed by atoms with E-state index in [2.05, 4.69) is 25.8 Å². The average Bonchev–Trinajstić information content (AvgIpc) is 2.55. The fourth-order valence-electron chi connectivity index (χ4n) is 1.76. The highest BCUT2D eigenvalue weighted by Gasteiger charge is 2.19. The maximum atomic E-state index is 12.2. The van der Waals surface area contributed by atoms with E-state index in [-0.39, 0.29) is 10.9 Å². The van der Waals surface area contributed by atoms with Crippen molar-refractivity contribution in [3.05, 3.63) is 34.6 Å². The Morgan fingerprint density at radius 1 is 1.29 bits per heavy atom. The Kier molecular flexibility index (Phi) is 5.53. The number of hydrogen-bond acceptors (Lipinski definition) is 7. The number of imide groups is 1. The molecule has 0 saturated carbocycles. The molecule has 1 heterocycles. The van der Waals surface area contributed by atoms with Gasteiger partial charge in [0.25, 0.3) is 5.56 Å². The number of benzene rings is 1. The fraction of sp³-hybridized carbons (Fsp3) is 0.214. The van der Waals surface area contributed by atoms with Crippen molar-refractivity contribution in [2.45, 2.75) is 17.3 Å². The van der Waals surface area contributed by atoms with Gasteiger partial charge in [-0.25, -0.2) is 4.79 Å². The van der Waals surface area contributed by atoms with Gasteiger partial charge >= 0.3 is 6.03 Å². The van der Waals surface area contributed by atoms with Crippen molar-refractivity contribution in [2.24, 2.45) is 0 Å². The average molecular weight is 348 g/mol. The molecule has 5 N–H and O–H groups in total. The summed E-state index contributed by atoms with van der Waals surface area (Å²) in [5, 5.41) is 11.7. The molecule has 9 nitrogen and oxygen atoms in total. The highest BCUT2D eigenvalue weighted by molar-refractivity contribution is 8.00. The van der Waals surface area contributed by atoms with Crippen LogP contribution < -0.4 is 21.9 Å². The summed E-state index contributed by atoms with van der Waals surface area (Å²) in [5.74, 6) is -0.515. The van der Waals surface area contributed by atoms with Crippen LogP contribution in [0.15, 0.2) is 34.2 Å². The number of urea groups is 1. The number of aromatic amines is 1. The first-order valence-corrected chi connectivity index (χ1v) is 7.81. The number of carbonyl (C=O) groups excluding carboxylic acids is 2. The smallest absolute Gasteiger partial charge is 0.321 e. The first-order valence-electron chi connectivity index (χ1n) is 6.93. The van der Waals surface area contributed by atoms with Crippen LogP contribution in [0.5, 0.6) is 0 Å². The summed E-state index contributed by atoms with van der Waals surface area (Å²) >= 11 is 0.974. The van der Waals surface area contributed by atoms with Gasteiger partial charge < -0.3 is 11.1 Å². The Balaban J connectivity index is 2.16. The predicted molar refractivity (Wildman–Crippen MR) is 90.4 cm³/mol. The number of para-hydroxylation sites is 1. The van der Waals surface area contributed by atoms with Crippen LogP contribution in [0.2, 0.25) is 0 Å². The topological polar surface area (TPSA) is 143 Å². The second-order valence-corrected chi connectivity index (χ2v) is 6.05. The number of carbonyl (C=O) groups is 2. The molecule has 0 unspecified atom stereocenters. The molecule has 10 heteroatoms. The third-order valence-electron chi connectivity index (χ3n) is 3.01. The highest BCUT2D eigenvalue weighted by Crippen LogP contribution is 2.22. The Morgan fingerprint density at radius 2 is 2.00 bits per heavy atom. The number of rotatable bonds is 4. The number of nitrogens with two attached hydrogens (primary N) is 1. The zero-order valence-corrected chi connectivity index (χ0v) is 13.8. The van der Waals surface area contributed by atoms with Gasteiger partial charge in [-0.05, 0) is 13.0 Å². The normalized spacial score (nSPS) is 11.6. The molecule has 2 rings (SSSR count). The zero-order valence-electron chi connectivity index (χ0n) is 13.0. The number of amides is 3. The quantitative estimate of drug-likeness (QED) is 0.461. The van der Waals surface area contributed by atoms with Crippen molar-refractivity contribution in [1.82, 2.24) is 25.8 Å². The summed E-state index contributed by atoms with van der Waals surface area (Å²) in [7, 11) is 1.40. The third kappa shape index (κ3) is 4.10. The number of nitrogens with zero attached hydrogens (tertiary/aromatic N) is 2. The molecule has 3 amide bonds. The standard InChI is InChI=1S/C14H16N6O3S/c1-7(11(21)17-13(23)16-2)24-14-18-12(22)10(19-20-14)8-5-3-4-6-9(8)15/h3-7H,15H2,1-2H3,(H,18,20,22)(H2,16,17,21,23)/t7-/m1/s1. The minimum Gasteiger partial charge on any atom is -0.398 e. The van der Waals surface area contributed by atoms with E-state index in [1.54, 1.807) is 31.2 Å². The Bertz CT molecular complexity index is 822. The summed E-state index contributed by atoms with van der Waals surface area (Å²) in [6, 6.07) is 6.20. The molecule has 24 heavy (non-hydrogen) atoms. The van der Waals surface area contributed by atoms with E-state index < -0.39 is 22.7 Å². The van der Waals surface area contributed by atoms with Gasteiger partial charge in [-0.2, -0.15) is 0 Å². The van der Waals surface area contributed by atoms with Gasteiger partial charge in [-0.1, -0.05) is 30.0 Å². The minimum atomic E-state index is -0.653. The van der Waals surface area contributed by atoms with Gasteiger partial charge in [0.1, 0.15) is 0 Å². The van der Waals surface area contributed by atoms with Gasteiger partial charge in [-0.15, -0.1) is 10.2 Å². The molecule has 126 valence electrons. The van der Waals surface area contributed by atoms with Crippen LogP contribution in [-0.4, -0.2) is 39.4 Å². The Hall–Kier alpha value is -2.88. The van der Waals surface area contributed by atoms with Crippen molar-refractivity contribution < 1.29 is 9.59 Å². The lowest BCUT2D eigenvalue weighted by Gasteiger charge is -2.10. The molecule has 0 fully saturated rings. The molecule has 1 aromatic heterocycles. The molecule has 0 aliphatic heterocycles. The monoisotopic (exact) mass is 348 g/mol. The number of H-pyrrole nitrogens is 1. The van der Waals surface area contributed by atoms with Crippen LogP contribution >= 0.6 is 11.8 Å². The fourth-order valence-corrected chi connectivity index (χ4v) is 2.50. The zero-order chi connectivity index (χ0) is 17.7. The van der Waals surface area contributed by atoms with Crippen LogP contribution in [-0.2, 0) is 4.79 Å². The number of hydrogen-bond donors (Lipinski definition) is 4. The minimum absolute atomic E-state index is 0.0971. The number of aromatic nitrogens is 3. The second-order valence-electron chi connectivity index (χ2n) is 4.72. The molecule has 0 spiro atoms. The second kappa shape index (κ2) is 7.59. The molecule has 0 aliphatic rings. The van der Waals surface area contributed by atoms with Crippen molar-refractivity contribution in [3.63, 3.8) is 0 Å². The maximum absolute atomic E-state index is 12.2. The van der Waals surface area contributed by atoms with Gasteiger partial charge in [-0.3, -0.25) is 19.9 Å². The van der Waals surface area contributed by atoms with Crippen molar-refractivity contribution in [1.29, 1.82) is 0 Å². The van der Waals surface area contributed by atoms with E-state index in [1.807, 2.05) is 0 Å². The van der Waals surface area contributed by atoms with Gasteiger partial charge in [0.15, 0.2) is 10.9 Å². The lowest BCUT2D eigenvalue weighted by molar-refractivity contribution is -0.119. The lowest BCUT2D eigenvalue weighted by Crippen LogP contribution is -2.41. The van der Waals surface area contributed by atoms with Crippen LogP contribution in [0.3, 0.4) is 0 Å². The van der Waals surface area contributed by atoms with Crippen LogP contribution in [0, 0.1) is 0 Å². The van der Waals surface area contributed by atoms with E-state index in [4.69, 9.17) is 5.73 Å². The molecule has 2 aromatic rings. The van der Waals surface area contributed by atoms with Crippen molar-refractivity contribution >= 4 is 29.4 Å². The van der Waals surface area contributed by atoms with Crippen LogP contribution in [0.25, 0.3) is 11.3 Å². The number of anilines is 1. The summed E-state index contributed by atoms with van der Waals surface area (Å²) in [5.41, 5.74) is 6.34. The lowest BCUT2D eigenvalue weighted by atomic mass is 10.1. The molecule has 0 bridgehead atoms. The molecule has 0 aliphatic carbocycles. The summed E-state index contributed by atoms with van der Waals surface area (Å²) in [6.07, 6.45) is 0. The maximum Gasteiger partial charge on any atom is 0.321 e. The summed E-state index contributed by atoms with van der Waals surface area (Å²) in [6.45, 7) is 1.58. The number of nitrogen functional groups attached to an aromatic ring is 1. The molecule has 0 saturated heterocycles. The molecular weight excluding hydrogens is 332 g/mol. The first-order chi connectivity index (χ1) is 11.4. The summed E-state index contributed by atoms with van der Waals surface area (Å²) in [4.78, 5) is 37.6. The van der Waals surface area contributed by atoms with Crippen LogP contribution in [0.1, 0.15) is 6.92 Å². The van der Waals surface area contributed by atoms with Gasteiger partial charge in [0.05, 0.1) is 5.25 Å². The van der Waals surface area contributed by atoms with Crippen molar-refractivity contribution in [3.8, 4) is 11.3 Å².